The fourth-order valence-corrected chi connectivity index (χ4v) is 1.24. The molecule has 6 heteroatoms. The van der Waals surface area contributed by atoms with Gasteiger partial charge in [-0.1, -0.05) is 6.08 Å². The molecule has 11 heavy (non-hydrogen) atoms. The molecule has 4 N–H and O–H groups in total. The Bertz CT molecular complexity index is 209. The number of allylic oxidation sites excluding steroid dienone is 1. The fourth-order valence-electron chi connectivity index (χ4n) is 0.546. The number of primary amides is 1. The quantitative estimate of drug-likeness (QED) is 0.403. The van der Waals surface area contributed by atoms with E-state index in [1.807, 2.05) is 0 Å². The van der Waals surface area contributed by atoms with E-state index in [0.717, 1.165) is 6.08 Å². The molecule has 0 aliphatic heterocycles. The Morgan fingerprint density at radius 1 is 1.73 bits per heavy atom. The lowest BCUT2D eigenvalue weighted by Gasteiger charge is -2.11. The second-order valence-electron chi connectivity index (χ2n) is 2.06. The first-order chi connectivity index (χ1) is 4.88. The highest BCUT2D eigenvalue weighted by Crippen LogP contribution is 2.43. The highest BCUT2D eigenvalue weighted by molar-refractivity contribution is 7.52. The zero-order chi connectivity index (χ0) is 9.07. The van der Waals surface area contributed by atoms with E-state index in [1.165, 1.54) is 0 Å². The number of amides is 1. The lowest BCUT2D eigenvalue weighted by atomic mass is 10.3. The van der Waals surface area contributed by atoms with E-state index in [9.17, 15) is 9.36 Å². The summed E-state index contributed by atoms with van der Waals surface area (Å²) in [7, 11) is -4.25. The average molecular weight is 179 g/mol. The van der Waals surface area contributed by atoms with Crippen LogP contribution in [0.25, 0.3) is 0 Å². The van der Waals surface area contributed by atoms with Crippen molar-refractivity contribution >= 4 is 13.5 Å². The zero-order valence-electron chi connectivity index (χ0n) is 5.80. The summed E-state index contributed by atoms with van der Waals surface area (Å²) < 4.78 is 10.5. The molecule has 0 aliphatic carbocycles. The van der Waals surface area contributed by atoms with Crippen LogP contribution in [0.3, 0.4) is 0 Å². The van der Waals surface area contributed by atoms with Gasteiger partial charge in [-0.15, -0.1) is 6.58 Å². The van der Waals surface area contributed by atoms with E-state index in [2.05, 4.69) is 6.58 Å². The van der Waals surface area contributed by atoms with Crippen LogP contribution in [0, 0.1) is 0 Å². The molecule has 0 aliphatic rings. The molecule has 1 atom stereocenters. The topological polar surface area (TPSA) is 101 Å². The molecule has 0 aromatic heterocycles. The molecule has 0 fully saturated rings. The van der Waals surface area contributed by atoms with Gasteiger partial charge in [-0.05, 0) is 0 Å². The number of hydrogen-bond donors (Lipinski definition) is 3. The maximum absolute atomic E-state index is 10.5. The van der Waals surface area contributed by atoms with Crippen LogP contribution in [0.5, 0.6) is 0 Å². The predicted octanol–water partition coefficient (Wildman–Crippen LogP) is -0.406. The van der Waals surface area contributed by atoms with Crippen molar-refractivity contribution in [1.29, 1.82) is 0 Å². The molecule has 0 aromatic rings. The van der Waals surface area contributed by atoms with Gasteiger partial charge in [-0.2, -0.15) is 0 Å². The molecule has 1 amide bonds. The molecule has 1 unspecified atom stereocenters. The predicted molar refractivity (Wildman–Crippen MR) is 39.8 cm³/mol. The van der Waals surface area contributed by atoms with Crippen molar-refractivity contribution in [2.45, 2.75) is 12.1 Å². The van der Waals surface area contributed by atoms with E-state index in [1.54, 1.807) is 0 Å². The van der Waals surface area contributed by atoms with Gasteiger partial charge in [0.15, 0.2) is 0 Å². The minimum Gasteiger partial charge on any atom is -0.370 e. The summed E-state index contributed by atoms with van der Waals surface area (Å²) in [5, 5.41) is 0. The first kappa shape index (κ1) is 10.4. The molecule has 0 bridgehead atoms. The molecular weight excluding hydrogens is 169 g/mol. The van der Waals surface area contributed by atoms with Crippen LogP contribution in [-0.2, 0) is 9.36 Å². The van der Waals surface area contributed by atoms with Crippen LogP contribution in [-0.4, -0.2) is 21.4 Å². The summed E-state index contributed by atoms with van der Waals surface area (Å²) in [6.45, 7) is 3.18. The fraction of sp³-hybridized carbons (Fsp3) is 0.400. The van der Waals surface area contributed by atoms with Gasteiger partial charge in [0.05, 0.1) is 5.66 Å². The summed E-state index contributed by atoms with van der Waals surface area (Å²) in [6.07, 6.45) is 0.666. The minimum atomic E-state index is -4.25. The van der Waals surface area contributed by atoms with Crippen molar-refractivity contribution in [3.8, 4) is 0 Å². The third kappa shape index (κ3) is 3.93. The molecule has 0 heterocycles. The van der Waals surface area contributed by atoms with E-state index >= 15 is 0 Å². The Hall–Kier alpha value is -0.640. The summed E-state index contributed by atoms with van der Waals surface area (Å²) >= 11 is 0. The summed E-state index contributed by atoms with van der Waals surface area (Å²) in [4.78, 5) is 27.4. The van der Waals surface area contributed by atoms with Crippen LogP contribution in [0.15, 0.2) is 12.7 Å². The molecule has 64 valence electrons. The summed E-state index contributed by atoms with van der Waals surface area (Å²) in [6, 6.07) is 0. The maximum Gasteiger partial charge on any atom is 0.332 e. The minimum absolute atomic E-state index is 0.367. The van der Waals surface area contributed by atoms with Gasteiger partial charge >= 0.3 is 7.60 Å². The van der Waals surface area contributed by atoms with E-state index in [0.29, 0.717) is 0 Å². The van der Waals surface area contributed by atoms with Gasteiger partial charge in [0.2, 0.25) is 5.91 Å². The zero-order valence-corrected chi connectivity index (χ0v) is 6.70. The van der Waals surface area contributed by atoms with Crippen LogP contribution >= 0.6 is 7.60 Å². The van der Waals surface area contributed by atoms with Gasteiger partial charge < -0.3 is 15.5 Å². The van der Waals surface area contributed by atoms with Gasteiger partial charge in [-0.3, -0.25) is 9.36 Å². The standard InChI is InChI=1S/C5H10NO4P/c1-2-4(3-5(6)7)11(8,9)10/h2,4H,1,3H2,(H2,6,7)(H2,8,9,10). The lowest BCUT2D eigenvalue weighted by Crippen LogP contribution is -2.18. The molecule has 0 rings (SSSR count). The van der Waals surface area contributed by atoms with Crippen molar-refractivity contribution in [3.63, 3.8) is 0 Å². The smallest absolute Gasteiger partial charge is 0.332 e. The van der Waals surface area contributed by atoms with Crippen molar-refractivity contribution in [3.05, 3.63) is 12.7 Å². The average Bonchev–Trinajstić information content (AvgIpc) is 1.79. The highest BCUT2D eigenvalue weighted by Gasteiger charge is 2.26. The van der Waals surface area contributed by atoms with Gasteiger partial charge in [-0.25, -0.2) is 0 Å². The molecule has 0 aromatic carbocycles. The largest absolute Gasteiger partial charge is 0.370 e. The van der Waals surface area contributed by atoms with Crippen molar-refractivity contribution in [1.82, 2.24) is 0 Å². The van der Waals surface area contributed by atoms with E-state index in [-0.39, 0.29) is 6.42 Å². The normalized spacial score (nSPS) is 14.0. The second kappa shape index (κ2) is 3.67. The maximum atomic E-state index is 10.5. The lowest BCUT2D eigenvalue weighted by molar-refractivity contribution is -0.117. The number of hydrogen-bond acceptors (Lipinski definition) is 2. The number of nitrogens with two attached hydrogens (primary N) is 1. The van der Waals surface area contributed by atoms with Gasteiger partial charge in [0, 0.05) is 6.42 Å². The van der Waals surface area contributed by atoms with Crippen LogP contribution < -0.4 is 5.73 Å². The van der Waals surface area contributed by atoms with E-state index in [4.69, 9.17) is 15.5 Å². The molecular formula is C5H10NO4P. The van der Waals surface area contributed by atoms with Gasteiger partial charge in [0.1, 0.15) is 0 Å². The Kier molecular flexibility index (Phi) is 3.45. The number of carbonyl (C=O) groups excluding carboxylic acids is 1. The third-order valence-electron chi connectivity index (χ3n) is 1.11. The first-order valence-electron chi connectivity index (χ1n) is 2.84. The van der Waals surface area contributed by atoms with Crippen molar-refractivity contribution in [2.24, 2.45) is 5.73 Å². The SMILES string of the molecule is C=CC(CC(N)=O)P(=O)(O)O. The Morgan fingerprint density at radius 3 is 2.27 bits per heavy atom. The van der Waals surface area contributed by atoms with Crippen molar-refractivity contribution < 1.29 is 19.1 Å². The summed E-state index contributed by atoms with van der Waals surface area (Å²) in [5.41, 5.74) is 3.58. The molecule has 0 saturated carbocycles. The van der Waals surface area contributed by atoms with Crippen molar-refractivity contribution in [2.75, 3.05) is 0 Å². The Balaban J connectivity index is 4.31. The third-order valence-corrected chi connectivity index (χ3v) is 2.37. The first-order valence-corrected chi connectivity index (χ1v) is 4.52. The number of carbonyl (C=O) groups is 1. The van der Waals surface area contributed by atoms with Crippen LogP contribution in [0.4, 0.5) is 0 Å². The molecule has 0 spiro atoms. The van der Waals surface area contributed by atoms with Gasteiger partial charge in [0.25, 0.3) is 0 Å². The summed E-state index contributed by atoms with van der Waals surface area (Å²) in [5.74, 6) is -0.752. The highest BCUT2D eigenvalue weighted by atomic mass is 31.2. The molecule has 0 saturated heterocycles. The van der Waals surface area contributed by atoms with Crippen LogP contribution in [0.1, 0.15) is 6.42 Å². The Labute approximate surface area is 64.1 Å². The van der Waals surface area contributed by atoms with E-state index < -0.39 is 19.2 Å². The molecule has 5 nitrogen and oxygen atoms in total. The van der Waals surface area contributed by atoms with Crippen LogP contribution in [0.2, 0.25) is 0 Å². The monoisotopic (exact) mass is 179 g/mol. The second-order valence-corrected chi connectivity index (χ2v) is 3.90. The molecule has 0 radical (unpaired) electrons. The number of rotatable bonds is 4. The Morgan fingerprint density at radius 2 is 2.18 bits per heavy atom.